The molecular formula is C32H44N2O4. The lowest BCUT2D eigenvalue weighted by atomic mass is 9.92. The van der Waals surface area contributed by atoms with Crippen LogP contribution in [0.3, 0.4) is 0 Å². The molecule has 1 saturated carbocycles. The monoisotopic (exact) mass is 520 g/mol. The molecule has 0 unspecified atom stereocenters. The van der Waals surface area contributed by atoms with Crippen LogP contribution in [0, 0.1) is 11.8 Å². The van der Waals surface area contributed by atoms with Gasteiger partial charge in [0.1, 0.15) is 5.72 Å². The third kappa shape index (κ3) is 6.83. The van der Waals surface area contributed by atoms with E-state index in [9.17, 15) is 9.59 Å². The average Bonchev–Trinajstić information content (AvgIpc) is 3.66. The van der Waals surface area contributed by atoms with Crippen LogP contribution < -0.4 is 0 Å². The molecule has 0 radical (unpaired) electrons. The van der Waals surface area contributed by atoms with Crippen LogP contribution in [0.2, 0.25) is 0 Å². The lowest BCUT2D eigenvalue weighted by molar-refractivity contribution is -0.138. The summed E-state index contributed by atoms with van der Waals surface area (Å²) in [6, 6.07) is 20.4. The highest BCUT2D eigenvalue weighted by atomic mass is 16.6. The third-order valence-electron chi connectivity index (χ3n) is 7.73. The minimum absolute atomic E-state index is 0.0362. The van der Waals surface area contributed by atoms with E-state index in [0.29, 0.717) is 25.6 Å². The Labute approximate surface area is 228 Å². The molecule has 0 spiro atoms. The first kappa shape index (κ1) is 28.3. The third-order valence-corrected chi connectivity index (χ3v) is 7.73. The van der Waals surface area contributed by atoms with Crippen molar-refractivity contribution < 1.29 is 19.1 Å². The summed E-state index contributed by atoms with van der Waals surface area (Å²) >= 11 is 0. The number of benzene rings is 2. The number of hydrogen-bond acceptors (Lipinski definition) is 5. The van der Waals surface area contributed by atoms with Crippen LogP contribution in [-0.4, -0.2) is 51.7 Å². The normalized spacial score (nSPS) is 19.9. The first-order chi connectivity index (χ1) is 18.0. The van der Waals surface area contributed by atoms with Crippen LogP contribution in [0.15, 0.2) is 60.7 Å². The number of nitrogens with zero attached hydrogens (tertiary/aromatic N) is 2. The van der Waals surface area contributed by atoms with Gasteiger partial charge in [0.2, 0.25) is 0 Å². The van der Waals surface area contributed by atoms with Gasteiger partial charge in [-0.25, -0.2) is 4.79 Å². The van der Waals surface area contributed by atoms with E-state index in [4.69, 9.17) is 9.47 Å². The molecule has 1 saturated heterocycles. The molecule has 2 aliphatic rings. The van der Waals surface area contributed by atoms with Gasteiger partial charge in [-0.2, -0.15) is 0 Å². The van der Waals surface area contributed by atoms with Crippen molar-refractivity contribution in [2.24, 2.45) is 11.8 Å². The molecule has 0 N–H and O–H groups in total. The maximum absolute atomic E-state index is 13.8. The Morgan fingerprint density at radius 3 is 1.89 bits per heavy atom. The molecule has 38 heavy (non-hydrogen) atoms. The minimum Gasteiger partial charge on any atom is -0.436 e. The van der Waals surface area contributed by atoms with Crippen molar-refractivity contribution >= 4 is 11.9 Å². The second-order valence-electron chi connectivity index (χ2n) is 12.4. The van der Waals surface area contributed by atoms with Gasteiger partial charge in [-0.3, -0.25) is 14.6 Å². The summed E-state index contributed by atoms with van der Waals surface area (Å²) in [4.78, 5) is 31.6. The molecule has 4 rings (SSSR count). The Balaban J connectivity index is 1.70. The van der Waals surface area contributed by atoms with Crippen LogP contribution in [0.25, 0.3) is 0 Å². The molecular weight excluding hydrogens is 476 g/mol. The van der Waals surface area contributed by atoms with E-state index >= 15 is 0 Å². The summed E-state index contributed by atoms with van der Waals surface area (Å²) in [5.41, 5.74) is 0.986. The van der Waals surface area contributed by atoms with Gasteiger partial charge in [0.05, 0.1) is 18.2 Å². The number of Topliss-reactive ketones (excluding diaryl/α,β-unsaturated/α-hetero) is 1. The summed E-state index contributed by atoms with van der Waals surface area (Å²) in [7, 11) is 0. The zero-order valence-corrected chi connectivity index (χ0v) is 23.9. The van der Waals surface area contributed by atoms with Crippen LogP contribution in [0.1, 0.15) is 71.9 Å². The second kappa shape index (κ2) is 11.6. The van der Waals surface area contributed by atoms with Crippen molar-refractivity contribution in [3.8, 4) is 0 Å². The Bertz CT molecular complexity index is 1020. The van der Waals surface area contributed by atoms with Crippen molar-refractivity contribution in [3.05, 3.63) is 71.8 Å². The molecule has 2 aromatic rings. The van der Waals surface area contributed by atoms with Gasteiger partial charge in [0, 0.05) is 19.0 Å². The predicted octanol–water partition coefficient (Wildman–Crippen LogP) is 6.43. The SMILES string of the molecule is CC(C)C(=O)[C@H](OC(=O)N1C(C)(C)COC1(C)C)[C@H](CC1CC1)N(Cc1ccccc1)Cc1ccccc1. The van der Waals surface area contributed by atoms with E-state index in [0.717, 1.165) is 19.3 Å². The van der Waals surface area contributed by atoms with Crippen LogP contribution in [0.5, 0.6) is 0 Å². The topological polar surface area (TPSA) is 59.1 Å². The Morgan fingerprint density at radius 1 is 0.947 bits per heavy atom. The molecule has 206 valence electrons. The first-order valence-electron chi connectivity index (χ1n) is 14.0. The fraction of sp³-hybridized carbons (Fsp3) is 0.562. The number of rotatable bonds is 11. The molecule has 0 bridgehead atoms. The van der Waals surface area contributed by atoms with Gasteiger partial charge in [-0.15, -0.1) is 0 Å². The van der Waals surface area contributed by atoms with Crippen molar-refractivity contribution in [3.63, 3.8) is 0 Å². The zero-order chi connectivity index (χ0) is 27.5. The highest BCUT2D eigenvalue weighted by Crippen LogP contribution is 2.39. The van der Waals surface area contributed by atoms with Gasteiger partial charge >= 0.3 is 6.09 Å². The Morgan fingerprint density at radius 2 is 1.47 bits per heavy atom. The largest absolute Gasteiger partial charge is 0.436 e. The predicted molar refractivity (Wildman–Crippen MR) is 149 cm³/mol. The van der Waals surface area contributed by atoms with E-state index in [1.807, 2.05) is 77.9 Å². The fourth-order valence-corrected chi connectivity index (χ4v) is 5.58. The average molecular weight is 521 g/mol. The Hall–Kier alpha value is -2.70. The molecule has 1 amide bonds. The summed E-state index contributed by atoms with van der Waals surface area (Å²) in [6.45, 7) is 13.2. The lowest BCUT2D eigenvalue weighted by Crippen LogP contribution is -2.56. The lowest BCUT2D eigenvalue weighted by Gasteiger charge is -2.41. The van der Waals surface area contributed by atoms with E-state index in [1.54, 1.807) is 4.90 Å². The van der Waals surface area contributed by atoms with E-state index < -0.39 is 23.5 Å². The molecule has 6 heteroatoms. The van der Waals surface area contributed by atoms with E-state index in [2.05, 4.69) is 29.2 Å². The number of carbonyl (C=O) groups is 2. The maximum Gasteiger partial charge on any atom is 0.413 e. The second-order valence-corrected chi connectivity index (χ2v) is 12.4. The summed E-state index contributed by atoms with van der Waals surface area (Å²) in [5.74, 6) is 0.240. The van der Waals surface area contributed by atoms with Crippen LogP contribution in [0.4, 0.5) is 4.79 Å². The number of ether oxygens (including phenoxy) is 2. The molecule has 2 atom stereocenters. The summed E-state index contributed by atoms with van der Waals surface area (Å²) < 4.78 is 12.2. The van der Waals surface area contributed by atoms with E-state index in [1.165, 1.54) is 11.1 Å². The summed E-state index contributed by atoms with van der Waals surface area (Å²) in [5, 5.41) is 0. The van der Waals surface area contributed by atoms with Gasteiger partial charge in [0.15, 0.2) is 11.9 Å². The summed E-state index contributed by atoms with van der Waals surface area (Å²) in [6.07, 6.45) is 1.76. The smallest absolute Gasteiger partial charge is 0.413 e. The van der Waals surface area contributed by atoms with Crippen molar-refractivity contribution in [2.45, 2.75) is 97.3 Å². The van der Waals surface area contributed by atoms with E-state index in [-0.39, 0.29) is 17.7 Å². The van der Waals surface area contributed by atoms with Crippen molar-refractivity contribution in [1.82, 2.24) is 9.80 Å². The molecule has 6 nitrogen and oxygen atoms in total. The molecule has 2 aromatic carbocycles. The van der Waals surface area contributed by atoms with Gasteiger partial charge in [0.25, 0.3) is 0 Å². The van der Waals surface area contributed by atoms with Gasteiger partial charge in [-0.05, 0) is 51.2 Å². The molecule has 1 aliphatic heterocycles. The number of carbonyl (C=O) groups excluding carboxylic acids is 2. The quantitative estimate of drug-likeness (QED) is 0.341. The highest BCUT2D eigenvalue weighted by molar-refractivity contribution is 5.87. The fourth-order valence-electron chi connectivity index (χ4n) is 5.58. The maximum atomic E-state index is 13.8. The van der Waals surface area contributed by atoms with Gasteiger partial charge in [-0.1, -0.05) is 87.4 Å². The number of hydrogen-bond donors (Lipinski definition) is 0. The molecule has 1 aliphatic carbocycles. The minimum atomic E-state index is -0.872. The van der Waals surface area contributed by atoms with Crippen LogP contribution >= 0.6 is 0 Å². The van der Waals surface area contributed by atoms with Crippen molar-refractivity contribution in [1.29, 1.82) is 0 Å². The first-order valence-corrected chi connectivity index (χ1v) is 14.0. The highest BCUT2D eigenvalue weighted by Gasteiger charge is 2.51. The molecule has 2 fully saturated rings. The van der Waals surface area contributed by atoms with Crippen LogP contribution in [-0.2, 0) is 27.4 Å². The molecule has 1 heterocycles. The van der Waals surface area contributed by atoms with Crippen molar-refractivity contribution in [2.75, 3.05) is 6.61 Å². The number of amides is 1. The number of ketones is 1. The zero-order valence-electron chi connectivity index (χ0n) is 23.9. The van der Waals surface area contributed by atoms with Gasteiger partial charge < -0.3 is 9.47 Å². The Kier molecular flexibility index (Phi) is 8.63. The molecule has 0 aromatic heterocycles. The standard InChI is InChI=1S/C32H44N2O4/c1-23(2)28(35)29(38-30(36)34-31(3,4)22-37-32(34,5)6)27(19-24-17-18-24)33(20-25-13-9-7-10-14-25)21-26-15-11-8-12-16-26/h7-16,23-24,27,29H,17-22H2,1-6H3/t27-,29+/m0/s1.